The third-order valence-corrected chi connectivity index (χ3v) is 6.48. The van der Waals surface area contributed by atoms with Crippen LogP contribution in [0, 0.1) is 5.92 Å². The Labute approximate surface area is 182 Å². The zero-order valence-corrected chi connectivity index (χ0v) is 18.0. The van der Waals surface area contributed by atoms with Gasteiger partial charge in [-0.25, -0.2) is 4.98 Å². The third-order valence-electron chi connectivity index (χ3n) is 6.48. The predicted octanol–water partition coefficient (Wildman–Crippen LogP) is 5.34. The lowest BCUT2D eigenvalue weighted by molar-refractivity contribution is 0.323. The minimum Gasteiger partial charge on any atom is -0.493 e. The van der Waals surface area contributed by atoms with E-state index in [0.717, 1.165) is 34.9 Å². The molecule has 0 aliphatic heterocycles. The van der Waals surface area contributed by atoms with Crippen LogP contribution in [0.1, 0.15) is 35.6 Å². The van der Waals surface area contributed by atoms with E-state index in [2.05, 4.69) is 42.5 Å². The van der Waals surface area contributed by atoms with E-state index < -0.39 is 0 Å². The lowest BCUT2D eigenvalue weighted by Gasteiger charge is -2.35. The van der Waals surface area contributed by atoms with Crippen molar-refractivity contribution in [2.75, 3.05) is 27.1 Å². The van der Waals surface area contributed by atoms with Gasteiger partial charge in [0.15, 0.2) is 11.5 Å². The average molecular weight is 415 g/mol. The highest BCUT2D eigenvalue weighted by atomic mass is 16.5. The first-order valence-electron chi connectivity index (χ1n) is 10.5. The Hall–Kier alpha value is -3.47. The van der Waals surface area contributed by atoms with Crippen molar-refractivity contribution >= 4 is 22.2 Å². The van der Waals surface area contributed by atoms with Crippen LogP contribution < -0.4 is 19.9 Å². The molecule has 158 valence electrons. The largest absolute Gasteiger partial charge is 0.493 e. The number of nitrogens with zero attached hydrogens (tertiary/aromatic N) is 1. The van der Waals surface area contributed by atoms with Gasteiger partial charge in [0.1, 0.15) is 5.82 Å². The number of nitrogen functional groups attached to an aromatic ring is 1. The topological polar surface area (TPSA) is 66.6 Å². The SMILES string of the molecule is COc1cc(C2CC3CC=CC=C3c3nc(N)c4ccccc4c32)cc(OC)c1OC. The molecule has 0 fully saturated rings. The number of rotatable bonds is 4. The van der Waals surface area contributed by atoms with Crippen LogP contribution in [0.2, 0.25) is 0 Å². The molecule has 0 radical (unpaired) electrons. The Morgan fingerprint density at radius 1 is 0.968 bits per heavy atom. The zero-order chi connectivity index (χ0) is 21.5. The Balaban J connectivity index is 1.80. The van der Waals surface area contributed by atoms with Crippen LogP contribution in [0.25, 0.3) is 16.3 Å². The monoisotopic (exact) mass is 414 g/mol. The molecule has 1 aromatic heterocycles. The molecular formula is C26H26N2O3. The maximum absolute atomic E-state index is 6.40. The molecule has 2 aromatic carbocycles. The molecule has 2 aliphatic rings. The van der Waals surface area contributed by atoms with Crippen LogP contribution in [0.5, 0.6) is 17.2 Å². The van der Waals surface area contributed by atoms with Gasteiger partial charge in [-0.3, -0.25) is 0 Å². The van der Waals surface area contributed by atoms with E-state index in [-0.39, 0.29) is 5.92 Å². The zero-order valence-electron chi connectivity index (χ0n) is 18.0. The van der Waals surface area contributed by atoms with Crippen LogP contribution in [-0.2, 0) is 0 Å². The van der Waals surface area contributed by atoms with Gasteiger partial charge in [-0.05, 0) is 53.0 Å². The standard InChI is InChI=1S/C26H26N2O3/c1-29-21-13-16(14-22(30-2)25(21)31-3)20-12-15-8-4-5-9-17(15)24-23(20)18-10-6-7-11-19(18)26(27)28-24/h4-7,9-11,13-15,20H,8,12H2,1-3H3,(H2,27,28). The molecule has 0 amide bonds. The molecule has 5 rings (SSSR count). The van der Waals surface area contributed by atoms with Crippen molar-refractivity contribution < 1.29 is 14.2 Å². The minimum atomic E-state index is 0.135. The number of hydrogen-bond donors (Lipinski definition) is 1. The first-order valence-corrected chi connectivity index (χ1v) is 10.5. The number of benzene rings is 2. The van der Waals surface area contributed by atoms with Crippen LogP contribution in [0.4, 0.5) is 5.82 Å². The van der Waals surface area contributed by atoms with Crippen molar-refractivity contribution in [3.8, 4) is 17.2 Å². The number of anilines is 1. The quantitative estimate of drug-likeness (QED) is 0.624. The van der Waals surface area contributed by atoms with E-state index in [4.69, 9.17) is 24.9 Å². The molecule has 2 unspecified atom stereocenters. The molecule has 0 bridgehead atoms. The number of fused-ring (bicyclic) bond motifs is 5. The van der Waals surface area contributed by atoms with Gasteiger partial charge in [0.25, 0.3) is 0 Å². The molecule has 5 heteroatoms. The summed E-state index contributed by atoms with van der Waals surface area (Å²) in [4.78, 5) is 4.91. The second kappa shape index (κ2) is 7.65. The van der Waals surface area contributed by atoms with Crippen LogP contribution in [0.3, 0.4) is 0 Å². The van der Waals surface area contributed by atoms with Crippen molar-refractivity contribution in [3.63, 3.8) is 0 Å². The smallest absolute Gasteiger partial charge is 0.203 e. The van der Waals surface area contributed by atoms with Crippen LogP contribution >= 0.6 is 0 Å². The first-order chi connectivity index (χ1) is 15.2. The summed E-state index contributed by atoms with van der Waals surface area (Å²) in [5, 5.41) is 2.14. The molecule has 0 spiro atoms. The Morgan fingerprint density at radius 3 is 2.35 bits per heavy atom. The van der Waals surface area contributed by atoms with E-state index in [1.54, 1.807) is 21.3 Å². The second-order valence-corrected chi connectivity index (χ2v) is 8.03. The van der Waals surface area contributed by atoms with E-state index in [9.17, 15) is 0 Å². The molecular weight excluding hydrogens is 388 g/mol. The Bertz CT molecular complexity index is 1200. The number of hydrogen-bond acceptors (Lipinski definition) is 5. The lowest BCUT2D eigenvalue weighted by atomic mass is 9.69. The summed E-state index contributed by atoms with van der Waals surface area (Å²) in [7, 11) is 4.93. The van der Waals surface area contributed by atoms with Gasteiger partial charge >= 0.3 is 0 Å². The van der Waals surface area contributed by atoms with E-state index in [1.165, 1.54) is 11.1 Å². The summed E-state index contributed by atoms with van der Waals surface area (Å²) in [5.41, 5.74) is 11.0. The van der Waals surface area contributed by atoms with Crippen molar-refractivity contribution in [2.24, 2.45) is 5.92 Å². The van der Waals surface area contributed by atoms with Crippen LogP contribution in [0.15, 0.2) is 54.6 Å². The number of allylic oxidation sites excluding steroid dienone is 4. The van der Waals surface area contributed by atoms with Gasteiger partial charge < -0.3 is 19.9 Å². The average Bonchev–Trinajstić information content (AvgIpc) is 2.82. The summed E-state index contributed by atoms with van der Waals surface area (Å²) in [5.74, 6) is 3.04. The molecule has 31 heavy (non-hydrogen) atoms. The molecule has 2 N–H and O–H groups in total. The highest BCUT2D eigenvalue weighted by Gasteiger charge is 2.35. The third kappa shape index (κ3) is 3.03. The number of ether oxygens (including phenoxy) is 3. The van der Waals surface area contributed by atoms with Crippen molar-refractivity contribution in [1.29, 1.82) is 0 Å². The van der Waals surface area contributed by atoms with Crippen molar-refractivity contribution in [2.45, 2.75) is 18.8 Å². The number of nitrogens with two attached hydrogens (primary N) is 1. The minimum absolute atomic E-state index is 0.135. The maximum Gasteiger partial charge on any atom is 0.203 e. The van der Waals surface area contributed by atoms with Crippen molar-refractivity contribution in [1.82, 2.24) is 4.98 Å². The van der Waals surface area contributed by atoms with Crippen LogP contribution in [-0.4, -0.2) is 26.3 Å². The van der Waals surface area contributed by atoms with Gasteiger partial charge in [-0.15, -0.1) is 0 Å². The number of methoxy groups -OCH3 is 3. The molecule has 2 atom stereocenters. The van der Waals surface area contributed by atoms with Gasteiger partial charge in [0, 0.05) is 11.3 Å². The van der Waals surface area contributed by atoms with E-state index in [0.29, 0.717) is 29.0 Å². The second-order valence-electron chi connectivity index (χ2n) is 8.03. The summed E-state index contributed by atoms with van der Waals surface area (Å²) in [6.07, 6.45) is 8.54. The molecule has 1 heterocycles. The maximum atomic E-state index is 6.40. The predicted molar refractivity (Wildman–Crippen MR) is 124 cm³/mol. The molecule has 5 nitrogen and oxygen atoms in total. The van der Waals surface area contributed by atoms with Gasteiger partial charge in [-0.2, -0.15) is 0 Å². The normalized spacial score (nSPS) is 19.4. The van der Waals surface area contributed by atoms with E-state index >= 15 is 0 Å². The Morgan fingerprint density at radius 2 is 1.68 bits per heavy atom. The van der Waals surface area contributed by atoms with E-state index in [1.807, 2.05) is 12.1 Å². The highest BCUT2D eigenvalue weighted by Crippen LogP contribution is 2.51. The molecule has 0 saturated carbocycles. The first kappa shape index (κ1) is 19.5. The van der Waals surface area contributed by atoms with Crippen molar-refractivity contribution in [3.05, 3.63) is 71.4 Å². The Kier molecular flexibility index (Phi) is 4.81. The fraction of sp³-hybridized carbons (Fsp3) is 0.269. The fourth-order valence-electron chi connectivity index (χ4n) is 5.06. The molecule has 3 aromatic rings. The number of pyridine rings is 1. The van der Waals surface area contributed by atoms with Gasteiger partial charge in [0.05, 0.1) is 27.0 Å². The van der Waals surface area contributed by atoms with Gasteiger partial charge in [0.2, 0.25) is 5.75 Å². The number of aromatic nitrogens is 1. The molecule has 2 aliphatic carbocycles. The lowest BCUT2D eigenvalue weighted by Crippen LogP contribution is -2.22. The highest BCUT2D eigenvalue weighted by molar-refractivity contribution is 5.97. The van der Waals surface area contributed by atoms with Gasteiger partial charge in [-0.1, -0.05) is 42.5 Å². The summed E-state index contributed by atoms with van der Waals surface area (Å²) >= 11 is 0. The summed E-state index contributed by atoms with van der Waals surface area (Å²) in [6, 6.07) is 12.4. The fourth-order valence-corrected chi connectivity index (χ4v) is 5.06. The molecule has 0 saturated heterocycles. The summed E-state index contributed by atoms with van der Waals surface area (Å²) in [6.45, 7) is 0. The summed E-state index contributed by atoms with van der Waals surface area (Å²) < 4.78 is 16.8.